The molecule has 1 aromatic carbocycles. The van der Waals surface area contributed by atoms with E-state index in [2.05, 4.69) is 11.5 Å². The van der Waals surface area contributed by atoms with Crippen molar-refractivity contribution in [1.82, 2.24) is 0 Å². The van der Waals surface area contributed by atoms with Gasteiger partial charge in [0.25, 0.3) is 0 Å². The average Bonchev–Trinajstić information content (AvgIpc) is 2.57. The molecule has 0 aliphatic carbocycles. The molecule has 0 saturated heterocycles. The standard InChI is InChI=1S/C20H23NO2.BrH/c1-2-3-4-5-13-21-14-11-17(12-15-21)9-10-20(23)18-7-6-8-19(22)16-18;/h6-12,14-16H,2-5,13H2,1H3;1H/b10-9+;. The maximum absolute atomic E-state index is 12.0. The largest absolute Gasteiger partial charge is 1.00 e. The number of aromatic nitrogens is 1. The fourth-order valence-electron chi connectivity index (χ4n) is 2.38. The molecule has 0 amide bonds. The van der Waals surface area contributed by atoms with E-state index in [0.29, 0.717) is 5.56 Å². The van der Waals surface area contributed by atoms with Gasteiger partial charge in [0.15, 0.2) is 18.2 Å². The highest BCUT2D eigenvalue weighted by Crippen LogP contribution is 2.12. The third kappa shape index (κ3) is 6.67. The molecule has 1 N–H and O–H groups in total. The fraction of sp³-hybridized carbons (Fsp3) is 0.300. The minimum atomic E-state index is -0.114. The van der Waals surface area contributed by atoms with Gasteiger partial charge < -0.3 is 22.1 Å². The van der Waals surface area contributed by atoms with Gasteiger partial charge in [-0.25, -0.2) is 4.57 Å². The van der Waals surface area contributed by atoms with Gasteiger partial charge in [0.2, 0.25) is 0 Å². The van der Waals surface area contributed by atoms with E-state index in [4.69, 9.17) is 0 Å². The molecule has 0 atom stereocenters. The maximum Gasteiger partial charge on any atom is 0.185 e. The Hall–Kier alpha value is -1.94. The van der Waals surface area contributed by atoms with Crippen molar-refractivity contribution in [3.05, 3.63) is 66.0 Å². The van der Waals surface area contributed by atoms with Gasteiger partial charge >= 0.3 is 0 Å². The Morgan fingerprint density at radius 3 is 2.54 bits per heavy atom. The van der Waals surface area contributed by atoms with Crippen molar-refractivity contribution in [2.45, 2.75) is 39.2 Å². The van der Waals surface area contributed by atoms with Crippen LogP contribution in [0.4, 0.5) is 0 Å². The molecule has 0 unspecified atom stereocenters. The molecule has 0 spiro atoms. The van der Waals surface area contributed by atoms with Crippen molar-refractivity contribution in [1.29, 1.82) is 0 Å². The molecule has 3 nitrogen and oxygen atoms in total. The smallest absolute Gasteiger partial charge is 0.185 e. The zero-order valence-corrected chi connectivity index (χ0v) is 15.6. The predicted molar refractivity (Wildman–Crippen MR) is 92.3 cm³/mol. The number of halogens is 1. The van der Waals surface area contributed by atoms with E-state index in [1.807, 2.05) is 24.5 Å². The Morgan fingerprint density at radius 2 is 1.88 bits per heavy atom. The van der Waals surface area contributed by atoms with Crippen LogP contribution in [0.2, 0.25) is 0 Å². The van der Waals surface area contributed by atoms with E-state index in [0.717, 1.165) is 12.1 Å². The van der Waals surface area contributed by atoms with Crippen LogP contribution in [0.15, 0.2) is 54.9 Å². The topological polar surface area (TPSA) is 41.2 Å². The van der Waals surface area contributed by atoms with Crippen LogP contribution in [0, 0.1) is 0 Å². The van der Waals surface area contributed by atoms with Crippen molar-refractivity contribution in [2.75, 3.05) is 0 Å². The highest BCUT2D eigenvalue weighted by Gasteiger charge is 2.03. The summed E-state index contributed by atoms with van der Waals surface area (Å²) in [5, 5.41) is 9.40. The number of hydrogen-bond acceptors (Lipinski definition) is 2. The van der Waals surface area contributed by atoms with Crippen molar-refractivity contribution >= 4 is 11.9 Å². The van der Waals surface area contributed by atoms with Crippen molar-refractivity contribution in [3.8, 4) is 5.75 Å². The van der Waals surface area contributed by atoms with Gasteiger partial charge in [0.1, 0.15) is 12.3 Å². The Bertz CT molecular complexity index is 666. The van der Waals surface area contributed by atoms with Crippen molar-refractivity contribution < 1.29 is 31.4 Å². The third-order valence-electron chi connectivity index (χ3n) is 3.74. The monoisotopic (exact) mass is 389 g/mol. The summed E-state index contributed by atoms with van der Waals surface area (Å²) in [6.07, 6.45) is 12.4. The van der Waals surface area contributed by atoms with Crippen LogP contribution in [0.5, 0.6) is 5.75 Å². The number of phenols is 1. The van der Waals surface area contributed by atoms with E-state index in [-0.39, 0.29) is 28.5 Å². The molecule has 2 rings (SSSR count). The molecular formula is C20H24BrNO2. The second-order valence-electron chi connectivity index (χ2n) is 5.68. The lowest BCUT2D eigenvalue weighted by molar-refractivity contribution is -0.697. The van der Waals surface area contributed by atoms with Crippen LogP contribution in [-0.4, -0.2) is 10.9 Å². The number of ketones is 1. The number of pyridine rings is 1. The van der Waals surface area contributed by atoms with E-state index in [9.17, 15) is 9.90 Å². The number of hydrogen-bond donors (Lipinski definition) is 1. The molecule has 0 aliphatic heterocycles. The second kappa shape index (κ2) is 10.8. The van der Waals surface area contributed by atoms with Gasteiger partial charge in [-0.15, -0.1) is 0 Å². The first-order valence-electron chi connectivity index (χ1n) is 8.19. The molecule has 0 bridgehead atoms. The lowest BCUT2D eigenvalue weighted by Crippen LogP contribution is -3.00. The Balaban J connectivity index is 0.00000288. The molecule has 0 saturated carbocycles. The Labute approximate surface area is 154 Å². The van der Waals surface area contributed by atoms with Crippen LogP contribution in [-0.2, 0) is 6.54 Å². The molecule has 4 heteroatoms. The molecule has 2 aromatic rings. The zero-order valence-electron chi connectivity index (χ0n) is 14.0. The number of nitrogens with zero attached hydrogens (tertiary/aromatic N) is 1. The molecule has 0 fully saturated rings. The second-order valence-corrected chi connectivity index (χ2v) is 5.68. The van der Waals surface area contributed by atoms with Crippen molar-refractivity contribution in [2.24, 2.45) is 0 Å². The number of carbonyl (C=O) groups is 1. The molecule has 1 heterocycles. The van der Waals surface area contributed by atoms with Crippen LogP contribution >= 0.6 is 0 Å². The Morgan fingerprint density at radius 1 is 1.12 bits per heavy atom. The summed E-state index contributed by atoms with van der Waals surface area (Å²) < 4.78 is 2.17. The number of benzene rings is 1. The first-order valence-corrected chi connectivity index (χ1v) is 8.19. The molecule has 0 radical (unpaired) electrons. The number of rotatable bonds is 8. The molecule has 1 aromatic heterocycles. The summed E-state index contributed by atoms with van der Waals surface area (Å²) in [6.45, 7) is 3.25. The van der Waals surface area contributed by atoms with E-state index < -0.39 is 0 Å². The zero-order chi connectivity index (χ0) is 16.5. The summed E-state index contributed by atoms with van der Waals surface area (Å²) in [5.74, 6) is -0.00901. The highest BCUT2D eigenvalue weighted by molar-refractivity contribution is 6.06. The summed E-state index contributed by atoms with van der Waals surface area (Å²) in [5.41, 5.74) is 1.48. The first kappa shape index (κ1) is 20.1. The Kier molecular flexibility index (Phi) is 9.02. The van der Waals surface area contributed by atoms with E-state index in [1.54, 1.807) is 24.3 Å². The maximum atomic E-state index is 12.0. The quantitative estimate of drug-likeness (QED) is 0.318. The SMILES string of the molecule is CCCCCC[n+]1ccc(/C=C/C(=O)c2cccc(O)c2)cc1.[Br-]. The fourth-order valence-corrected chi connectivity index (χ4v) is 2.38. The lowest BCUT2D eigenvalue weighted by atomic mass is 10.1. The summed E-state index contributed by atoms with van der Waals surface area (Å²) in [7, 11) is 0. The molecule has 128 valence electrons. The summed E-state index contributed by atoms with van der Waals surface area (Å²) in [4.78, 5) is 12.0. The molecule has 0 aliphatic rings. The van der Waals surface area contributed by atoms with Crippen LogP contribution in [0.25, 0.3) is 6.08 Å². The van der Waals surface area contributed by atoms with Gasteiger partial charge in [0.05, 0.1) is 0 Å². The van der Waals surface area contributed by atoms with Gasteiger partial charge in [-0.05, 0) is 30.2 Å². The van der Waals surface area contributed by atoms with E-state index in [1.165, 1.54) is 37.8 Å². The molecular weight excluding hydrogens is 366 g/mol. The average molecular weight is 390 g/mol. The van der Waals surface area contributed by atoms with Crippen molar-refractivity contribution in [3.63, 3.8) is 0 Å². The van der Waals surface area contributed by atoms with Gasteiger partial charge in [0, 0.05) is 24.1 Å². The number of aromatic hydroxyl groups is 1. The van der Waals surface area contributed by atoms with Crippen LogP contribution in [0.3, 0.4) is 0 Å². The number of phenolic OH excluding ortho intramolecular Hbond substituents is 1. The predicted octanol–water partition coefficient (Wildman–Crippen LogP) is 1.16. The van der Waals surface area contributed by atoms with Gasteiger partial charge in [-0.2, -0.15) is 0 Å². The number of unbranched alkanes of at least 4 members (excludes halogenated alkanes) is 3. The summed E-state index contributed by atoms with van der Waals surface area (Å²) >= 11 is 0. The number of aryl methyl sites for hydroxylation is 1. The van der Waals surface area contributed by atoms with Crippen LogP contribution < -0.4 is 21.5 Å². The lowest BCUT2D eigenvalue weighted by Gasteiger charge is -1.98. The van der Waals surface area contributed by atoms with Gasteiger partial charge in [-0.1, -0.05) is 38.0 Å². The third-order valence-corrected chi connectivity index (χ3v) is 3.74. The normalized spacial score (nSPS) is 10.5. The highest BCUT2D eigenvalue weighted by atomic mass is 79.9. The number of allylic oxidation sites excluding steroid dienone is 1. The first-order chi connectivity index (χ1) is 11.2. The van der Waals surface area contributed by atoms with Gasteiger partial charge in [-0.3, -0.25) is 4.79 Å². The summed E-state index contributed by atoms with van der Waals surface area (Å²) in [6, 6.07) is 10.4. The van der Waals surface area contributed by atoms with E-state index >= 15 is 0 Å². The number of carbonyl (C=O) groups excluding carboxylic acids is 1. The molecule has 24 heavy (non-hydrogen) atoms. The minimum absolute atomic E-state index is 0. The minimum Gasteiger partial charge on any atom is -1.00 e. The van der Waals surface area contributed by atoms with Crippen LogP contribution in [0.1, 0.15) is 48.5 Å².